The summed E-state index contributed by atoms with van der Waals surface area (Å²) in [5, 5.41) is 0. The van der Waals surface area contributed by atoms with E-state index in [4.69, 9.17) is 0 Å². The van der Waals surface area contributed by atoms with E-state index in [1.54, 1.807) is 20.8 Å². The van der Waals surface area contributed by atoms with Gasteiger partial charge in [0.15, 0.2) is 0 Å². The summed E-state index contributed by atoms with van der Waals surface area (Å²) >= 11 is 0. The Hall–Kier alpha value is -0.130. The predicted octanol–water partition coefficient (Wildman–Crippen LogP) is 6.27. The number of halogens is 6. The van der Waals surface area contributed by atoms with E-state index in [0.29, 0.717) is 19.3 Å². The Morgan fingerprint density at radius 3 is 1.06 bits per heavy atom. The van der Waals surface area contributed by atoms with Gasteiger partial charge in [-0.1, -0.05) is 0 Å². The van der Waals surface area contributed by atoms with Crippen LogP contribution in [0.1, 0.15) is 72.6 Å². The summed E-state index contributed by atoms with van der Waals surface area (Å²) in [6, 6.07) is 0. The van der Waals surface area contributed by atoms with Gasteiger partial charge in [0.25, 0.3) is 0 Å². The average Bonchev–Trinajstić information content (AvgIpc) is 2.61. The molecule has 0 aliphatic carbocycles. The monoisotopic (exact) mass is 525 g/mol. The molecule has 0 saturated carbocycles. The van der Waals surface area contributed by atoms with Crippen LogP contribution >= 0.6 is 6.75 Å². The van der Waals surface area contributed by atoms with Gasteiger partial charge in [-0.25, -0.2) is 0 Å². The van der Waals surface area contributed by atoms with E-state index in [0.717, 1.165) is 0 Å². The Bertz CT molecular complexity index is 713. The van der Waals surface area contributed by atoms with Crippen LogP contribution in [0.4, 0.5) is 26.3 Å². The minimum absolute atomic E-state index is 0.0617. The molecule has 0 fully saturated rings. The van der Waals surface area contributed by atoms with Crippen molar-refractivity contribution in [3.8, 4) is 0 Å². The van der Waals surface area contributed by atoms with Gasteiger partial charge in [0.05, 0.1) is 0 Å². The molecular weight excluding hydrogens is 491 g/mol. The number of sulfonamides is 2. The molecule has 0 atom stereocenters. The third-order valence-electron chi connectivity index (χ3n) is 5.51. The Labute approximate surface area is 182 Å². The summed E-state index contributed by atoms with van der Waals surface area (Å²) in [7, 11) is -13.7. The van der Waals surface area contributed by atoms with E-state index in [1.165, 1.54) is 6.92 Å². The van der Waals surface area contributed by atoms with Gasteiger partial charge in [-0.05, 0) is 0 Å². The molecule has 0 aliphatic rings. The summed E-state index contributed by atoms with van der Waals surface area (Å²) in [5.41, 5.74) is -12.4. The van der Waals surface area contributed by atoms with Crippen LogP contribution in [0.2, 0.25) is 0 Å². The van der Waals surface area contributed by atoms with Crippen molar-refractivity contribution in [3.05, 3.63) is 0 Å². The third-order valence-corrected chi connectivity index (χ3v) is 19.7. The van der Waals surface area contributed by atoms with Gasteiger partial charge in [0.1, 0.15) is 0 Å². The first-order valence-electron chi connectivity index (χ1n) is 10.4. The molecule has 0 heterocycles. The summed E-state index contributed by atoms with van der Waals surface area (Å²) in [6.45, 7) is 1.68. The van der Waals surface area contributed by atoms with Crippen LogP contribution in [0.15, 0.2) is 0 Å². The molecule has 0 unspecified atom stereocenters. The zero-order valence-corrected chi connectivity index (χ0v) is 20.9. The van der Waals surface area contributed by atoms with Crippen molar-refractivity contribution in [2.75, 3.05) is 24.6 Å². The van der Waals surface area contributed by atoms with E-state index in [2.05, 4.69) is 0 Å². The van der Waals surface area contributed by atoms with Crippen LogP contribution in [-0.2, 0) is 20.0 Å². The van der Waals surface area contributed by atoms with Gasteiger partial charge in [-0.3, -0.25) is 0 Å². The fourth-order valence-electron chi connectivity index (χ4n) is 4.18. The summed E-state index contributed by atoms with van der Waals surface area (Å²) in [5.74, 6) is 0. The number of hydrogen-bond donors (Lipinski definition) is 0. The Balaban J connectivity index is 7.74. The van der Waals surface area contributed by atoms with Crippen LogP contribution in [0.3, 0.4) is 0 Å². The molecular formula is C17H34F6NO4PS2. The zero-order chi connectivity index (χ0) is 24.8. The van der Waals surface area contributed by atoms with E-state index in [-0.39, 0.29) is 50.3 Å². The van der Waals surface area contributed by atoms with Gasteiger partial charge >= 0.3 is 182 Å². The molecule has 0 bridgehead atoms. The zero-order valence-electron chi connectivity index (χ0n) is 18.4. The SMILES string of the molecule is CCCCP(CCC)(CCCC)(CCCC)N(S(=O)(=O)C(F)(F)F)S(=O)(=O)C(F)(F)F. The number of alkyl halides is 6. The summed E-state index contributed by atoms with van der Waals surface area (Å²) in [4.78, 5) is 0. The molecule has 5 nitrogen and oxygen atoms in total. The topological polar surface area (TPSA) is 71.5 Å². The Kier molecular flexibility index (Phi) is 10.8. The van der Waals surface area contributed by atoms with E-state index in [9.17, 15) is 43.2 Å². The van der Waals surface area contributed by atoms with Crippen LogP contribution < -0.4 is 0 Å². The maximum absolute atomic E-state index is 13.7. The average molecular weight is 526 g/mol. The minimum atomic E-state index is -6.83. The second-order valence-corrected chi connectivity index (χ2v) is 18.3. The van der Waals surface area contributed by atoms with Crippen molar-refractivity contribution in [2.24, 2.45) is 0 Å². The molecule has 0 rings (SSSR count). The molecule has 0 aliphatic heterocycles. The predicted molar refractivity (Wildman–Crippen MR) is 113 cm³/mol. The van der Waals surface area contributed by atoms with Crippen molar-refractivity contribution in [1.29, 1.82) is 0 Å². The standard InChI is InChI=1S/C17H34F6NO4PS2/c1-5-9-13-29(12-8-4,14-10-6-2,15-11-7-3)24(30(25,26)16(18,19)20)31(27,28)17(21,22)23/h5-15H2,1-4H3. The van der Waals surface area contributed by atoms with Crippen LogP contribution in [0.25, 0.3) is 0 Å². The maximum atomic E-state index is 13.7. The first kappa shape index (κ1) is 30.9. The molecule has 0 aromatic carbocycles. The Morgan fingerprint density at radius 2 is 0.871 bits per heavy atom. The van der Waals surface area contributed by atoms with Crippen molar-refractivity contribution < 1.29 is 43.2 Å². The molecule has 0 spiro atoms. The first-order valence-corrected chi connectivity index (χ1v) is 16.2. The Morgan fingerprint density at radius 1 is 0.581 bits per heavy atom. The van der Waals surface area contributed by atoms with Gasteiger partial charge < -0.3 is 0 Å². The van der Waals surface area contributed by atoms with E-state index < -0.39 is 41.3 Å². The molecule has 31 heavy (non-hydrogen) atoms. The molecule has 0 aromatic rings. The molecule has 0 saturated heterocycles. The summed E-state index contributed by atoms with van der Waals surface area (Å²) in [6.07, 6.45) is 0.362. The number of hydrogen-bond acceptors (Lipinski definition) is 4. The molecule has 14 heteroatoms. The van der Waals surface area contributed by atoms with Crippen LogP contribution in [0, 0.1) is 0 Å². The quantitative estimate of drug-likeness (QED) is 0.198. The van der Waals surface area contributed by atoms with E-state index in [1.807, 2.05) is 0 Å². The number of rotatable bonds is 14. The molecule has 0 aromatic heterocycles. The molecule has 0 N–H and O–H groups in total. The number of unbranched alkanes of at least 4 members (excludes halogenated alkanes) is 3. The normalized spacial score (nSPS) is 15.8. The van der Waals surface area contributed by atoms with Crippen LogP contribution in [-0.4, -0.2) is 56.0 Å². The van der Waals surface area contributed by atoms with Gasteiger partial charge in [0.2, 0.25) is 0 Å². The van der Waals surface area contributed by atoms with Crippen LogP contribution in [0.5, 0.6) is 0 Å². The fourth-order valence-corrected chi connectivity index (χ4v) is 20.0. The van der Waals surface area contributed by atoms with Crippen molar-refractivity contribution >= 4 is 26.8 Å². The van der Waals surface area contributed by atoms with Crippen molar-refractivity contribution in [3.63, 3.8) is 0 Å². The molecule has 190 valence electrons. The van der Waals surface area contributed by atoms with Gasteiger partial charge in [-0.2, -0.15) is 0 Å². The molecule has 0 radical (unpaired) electrons. The first-order chi connectivity index (χ1) is 13.9. The third kappa shape index (κ3) is 6.26. The van der Waals surface area contributed by atoms with Gasteiger partial charge in [0, 0.05) is 0 Å². The van der Waals surface area contributed by atoms with Crippen molar-refractivity contribution in [1.82, 2.24) is 3.48 Å². The second-order valence-electron chi connectivity index (χ2n) is 7.94. The number of nitrogens with zero attached hydrogens (tertiary/aromatic N) is 1. The van der Waals surface area contributed by atoms with E-state index >= 15 is 0 Å². The fraction of sp³-hybridized carbons (Fsp3) is 1.00. The summed E-state index contributed by atoms with van der Waals surface area (Å²) < 4.78 is 131. The van der Waals surface area contributed by atoms with Gasteiger partial charge in [-0.15, -0.1) is 0 Å². The molecule has 0 amide bonds. The second kappa shape index (κ2) is 10.9. The van der Waals surface area contributed by atoms with Crippen molar-refractivity contribution in [2.45, 2.75) is 83.7 Å².